The minimum absolute atomic E-state index is 0.169. The highest BCUT2D eigenvalue weighted by Crippen LogP contribution is 2.24. The molecule has 0 aliphatic heterocycles. The molecule has 0 fully saturated rings. The minimum Gasteiger partial charge on any atom is -0.253 e. The molecule has 0 bridgehead atoms. The van der Waals surface area contributed by atoms with Gasteiger partial charge in [-0.05, 0) is 18.6 Å². The summed E-state index contributed by atoms with van der Waals surface area (Å²) in [6.45, 7) is 1.58. The number of aromatic nitrogens is 1. The van der Waals surface area contributed by atoms with Crippen LogP contribution in [0.25, 0.3) is 11.3 Å². The average molecular weight is 329 g/mol. The summed E-state index contributed by atoms with van der Waals surface area (Å²) in [7, 11) is 0. The molecule has 0 unspecified atom stereocenters. The molecule has 3 aromatic rings. The summed E-state index contributed by atoms with van der Waals surface area (Å²) in [6.07, 6.45) is 1.13. The second-order valence-electron chi connectivity index (χ2n) is 4.87. The summed E-state index contributed by atoms with van der Waals surface area (Å²) in [5.41, 5.74) is 4.72. The van der Waals surface area contributed by atoms with E-state index in [1.54, 1.807) is 6.92 Å². The van der Waals surface area contributed by atoms with Crippen molar-refractivity contribution >= 4 is 22.7 Å². The van der Waals surface area contributed by atoms with Crippen LogP contribution in [0.2, 0.25) is 0 Å². The quantitative estimate of drug-likeness (QED) is 0.549. The van der Waals surface area contributed by atoms with Crippen molar-refractivity contribution < 1.29 is 8.78 Å². The standard InChI is InChI=1S/C17H13F2N3S/c1-11-7-8-14(18)13(16(11)19)9-20-22-17-21-15(10-23-17)12-5-3-2-4-6-12/h2-10H,1H3,(H,21,22). The third-order valence-electron chi connectivity index (χ3n) is 3.25. The number of hydrogen-bond acceptors (Lipinski definition) is 4. The van der Waals surface area contributed by atoms with Gasteiger partial charge in [0.25, 0.3) is 0 Å². The second kappa shape index (κ2) is 6.66. The molecule has 1 N–H and O–H groups in total. The topological polar surface area (TPSA) is 37.3 Å². The first-order chi connectivity index (χ1) is 11.1. The summed E-state index contributed by atoms with van der Waals surface area (Å²) in [5.74, 6) is -1.26. The highest BCUT2D eigenvalue weighted by atomic mass is 32.1. The van der Waals surface area contributed by atoms with Crippen molar-refractivity contribution in [3.05, 3.63) is 70.6 Å². The number of nitrogens with zero attached hydrogens (tertiary/aromatic N) is 2. The Morgan fingerprint density at radius 2 is 1.91 bits per heavy atom. The lowest BCUT2D eigenvalue weighted by Crippen LogP contribution is -1.98. The van der Waals surface area contributed by atoms with Gasteiger partial charge in [-0.25, -0.2) is 13.8 Å². The van der Waals surface area contributed by atoms with E-state index in [0.29, 0.717) is 10.7 Å². The van der Waals surface area contributed by atoms with Gasteiger partial charge < -0.3 is 0 Å². The monoisotopic (exact) mass is 329 g/mol. The normalized spacial score (nSPS) is 11.1. The molecule has 2 aromatic carbocycles. The van der Waals surface area contributed by atoms with Gasteiger partial charge in [0, 0.05) is 10.9 Å². The highest BCUT2D eigenvalue weighted by molar-refractivity contribution is 7.14. The smallest absolute Gasteiger partial charge is 0.203 e. The molecule has 3 rings (SSSR count). The molecule has 0 saturated carbocycles. The zero-order valence-corrected chi connectivity index (χ0v) is 13.1. The first-order valence-corrected chi connectivity index (χ1v) is 7.78. The fraction of sp³-hybridized carbons (Fsp3) is 0.0588. The van der Waals surface area contributed by atoms with Gasteiger partial charge >= 0.3 is 0 Å². The van der Waals surface area contributed by atoms with E-state index in [4.69, 9.17) is 0 Å². The zero-order chi connectivity index (χ0) is 16.2. The van der Waals surface area contributed by atoms with E-state index in [1.165, 1.54) is 23.5 Å². The van der Waals surface area contributed by atoms with E-state index in [-0.39, 0.29) is 5.56 Å². The molecule has 6 heteroatoms. The molecule has 0 saturated heterocycles. The third kappa shape index (κ3) is 3.43. The Bertz CT molecular complexity index is 844. The number of anilines is 1. The van der Waals surface area contributed by atoms with Gasteiger partial charge in [0.2, 0.25) is 5.13 Å². The Kier molecular flexibility index (Phi) is 4.43. The average Bonchev–Trinajstić information content (AvgIpc) is 3.04. The number of nitrogens with one attached hydrogen (secondary N) is 1. The van der Waals surface area contributed by atoms with Crippen LogP contribution in [0.4, 0.5) is 13.9 Å². The molecule has 0 amide bonds. The lowest BCUT2D eigenvalue weighted by atomic mass is 10.1. The molecule has 1 heterocycles. The molecule has 116 valence electrons. The Morgan fingerprint density at radius 1 is 1.13 bits per heavy atom. The summed E-state index contributed by atoms with van der Waals surface area (Å²) >= 11 is 1.37. The molecular formula is C17H13F2N3S. The second-order valence-corrected chi connectivity index (χ2v) is 5.72. The van der Waals surface area contributed by atoms with Crippen LogP contribution in [0.1, 0.15) is 11.1 Å². The number of aryl methyl sites for hydroxylation is 1. The van der Waals surface area contributed by atoms with Crippen LogP contribution in [0.3, 0.4) is 0 Å². The van der Waals surface area contributed by atoms with E-state index >= 15 is 0 Å². The molecule has 23 heavy (non-hydrogen) atoms. The predicted octanol–water partition coefficient (Wildman–Crippen LogP) is 4.84. The maximum atomic E-state index is 13.8. The molecular weight excluding hydrogens is 316 g/mol. The van der Waals surface area contributed by atoms with Crippen LogP contribution in [0.5, 0.6) is 0 Å². The molecule has 0 aliphatic carbocycles. The Morgan fingerprint density at radius 3 is 2.70 bits per heavy atom. The highest BCUT2D eigenvalue weighted by Gasteiger charge is 2.09. The van der Waals surface area contributed by atoms with Crippen LogP contribution in [0.15, 0.2) is 52.9 Å². The fourth-order valence-electron chi connectivity index (χ4n) is 2.02. The molecule has 0 aliphatic rings. The van der Waals surface area contributed by atoms with Crippen LogP contribution in [0, 0.1) is 18.6 Å². The zero-order valence-electron chi connectivity index (χ0n) is 12.3. The first kappa shape index (κ1) is 15.3. The van der Waals surface area contributed by atoms with Crippen molar-refractivity contribution in [3.63, 3.8) is 0 Å². The van der Waals surface area contributed by atoms with Gasteiger partial charge in [-0.3, -0.25) is 5.43 Å². The lowest BCUT2D eigenvalue weighted by molar-refractivity contribution is 0.574. The first-order valence-electron chi connectivity index (χ1n) is 6.90. The summed E-state index contributed by atoms with van der Waals surface area (Å²) in [5, 5.41) is 6.31. The number of halogens is 2. The van der Waals surface area contributed by atoms with Crippen molar-refractivity contribution in [1.29, 1.82) is 0 Å². The Labute approximate surface area is 136 Å². The SMILES string of the molecule is Cc1ccc(F)c(C=NNc2nc(-c3ccccc3)cs2)c1F. The minimum atomic E-state index is -0.650. The van der Waals surface area contributed by atoms with Gasteiger partial charge in [0.15, 0.2) is 0 Å². The van der Waals surface area contributed by atoms with Gasteiger partial charge in [-0.15, -0.1) is 11.3 Å². The van der Waals surface area contributed by atoms with Crippen LogP contribution >= 0.6 is 11.3 Å². The van der Waals surface area contributed by atoms with E-state index in [1.807, 2.05) is 35.7 Å². The van der Waals surface area contributed by atoms with Gasteiger partial charge in [0.05, 0.1) is 17.5 Å². The number of thiazole rings is 1. The number of hydrazone groups is 1. The molecule has 0 spiro atoms. The molecule has 1 aromatic heterocycles. The van der Waals surface area contributed by atoms with E-state index < -0.39 is 11.6 Å². The Hall–Kier alpha value is -2.60. The van der Waals surface area contributed by atoms with Gasteiger partial charge in [0.1, 0.15) is 11.6 Å². The van der Waals surface area contributed by atoms with Crippen molar-refractivity contribution in [2.24, 2.45) is 5.10 Å². The predicted molar refractivity (Wildman–Crippen MR) is 89.9 cm³/mol. The summed E-state index contributed by atoms with van der Waals surface area (Å²) < 4.78 is 27.5. The van der Waals surface area contributed by atoms with Crippen molar-refractivity contribution in [1.82, 2.24) is 4.98 Å². The maximum Gasteiger partial charge on any atom is 0.203 e. The van der Waals surface area contributed by atoms with Gasteiger partial charge in [-0.1, -0.05) is 36.4 Å². The largest absolute Gasteiger partial charge is 0.253 e. The Balaban J connectivity index is 1.75. The summed E-state index contributed by atoms with van der Waals surface area (Å²) in [4.78, 5) is 4.38. The summed E-state index contributed by atoms with van der Waals surface area (Å²) in [6, 6.07) is 12.3. The number of rotatable bonds is 4. The van der Waals surface area contributed by atoms with Crippen molar-refractivity contribution in [2.75, 3.05) is 5.43 Å². The number of benzene rings is 2. The van der Waals surface area contributed by atoms with E-state index in [2.05, 4.69) is 15.5 Å². The van der Waals surface area contributed by atoms with Crippen molar-refractivity contribution in [2.45, 2.75) is 6.92 Å². The molecule has 0 atom stereocenters. The third-order valence-corrected chi connectivity index (χ3v) is 3.99. The maximum absolute atomic E-state index is 13.8. The fourth-order valence-corrected chi connectivity index (χ4v) is 2.68. The number of hydrogen-bond donors (Lipinski definition) is 1. The molecule has 3 nitrogen and oxygen atoms in total. The van der Waals surface area contributed by atoms with E-state index in [0.717, 1.165) is 17.5 Å². The lowest BCUT2D eigenvalue weighted by Gasteiger charge is -2.02. The van der Waals surface area contributed by atoms with Crippen LogP contribution in [-0.4, -0.2) is 11.2 Å². The van der Waals surface area contributed by atoms with E-state index in [9.17, 15) is 8.78 Å². The van der Waals surface area contributed by atoms with Gasteiger partial charge in [-0.2, -0.15) is 5.10 Å². The molecule has 0 radical (unpaired) electrons. The van der Waals surface area contributed by atoms with Crippen molar-refractivity contribution in [3.8, 4) is 11.3 Å². The van der Waals surface area contributed by atoms with Crippen LogP contribution < -0.4 is 5.43 Å². The van der Waals surface area contributed by atoms with Crippen LogP contribution in [-0.2, 0) is 0 Å².